The van der Waals surface area contributed by atoms with E-state index in [-0.39, 0.29) is 5.56 Å². The summed E-state index contributed by atoms with van der Waals surface area (Å²) in [7, 11) is 0. The molecule has 5 heteroatoms. The van der Waals surface area contributed by atoms with Crippen LogP contribution in [0.5, 0.6) is 5.75 Å². The van der Waals surface area contributed by atoms with Gasteiger partial charge in [0.05, 0.1) is 6.61 Å². The van der Waals surface area contributed by atoms with E-state index >= 15 is 0 Å². The second-order valence-electron chi connectivity index (χ2n) is 4.31. The SMILES string of the molecule is O=C(O)c1cc(Br)ccc1OCC1CCOCC1. The molecule has 98 valence electrons. The second-order valence-corrected chi connectivity index (χ2v) is 5.23. The largest absolute Gasteiger partial charge is 0.492 e. The molecule has 1 aliphatic heterocycles. The maximum absolute atomic E-state index is 11.1. The first-order valence-corrected chi connectivity index (χ1v) is 6.69. The summed E-state index contributed by atoms with van der Waals surface area (Å²) in [5.74, 6) is -0.0977. The van der Waals surface area contributed by atoms with Gasteiger partial charge in [0.15, 0.2) is 0 Å². The smallest absolute Gasteiger partial charge is 0.339 e. The molecule has 0 radical (unpaired) electrons. The first-order chi connectivity index (χ1) is 8.66. The highest BCUT2D eigenvalue weighted by atomic mass is 79.9. The maximum Gasteiger partial charge on any atom is 0.339 e. The minimum atomic E-state index is -0.974. The fourth-order valence-corrected chi connectivity index (χ4v) is 2.28. The molecule has 1 N–H and O–H groups in total. The van der Waals surface area contributed by atoms with E-state index in [9.17, 15) is 4.79 Å². The van der Waals surface area contributed by atoms with E-state index in [1.165, 1.54) is 0 Å². The third-order valence-electron chi connectivity index (χ3n) is 2.99. The minimum absolute atomic E-state index is 0.191. The number of benzene rings is 1. The highest BCUT2D eigenvalue weighted by Gasteiger charge is 2.17. The van der Waals surface area contributed by atoms with Crippen LogP contribution in [0.25, 0.3) is 0 Å². The van der Waals surface area contributed by atoms with Crippen molar-refractivity contribution in [3.05, 3.63) is 28.2 Å². The lowest BCUT2D eigenvalue weighted by Gasteiger charge is -2.22. The molecule has 1 fully saturated rings. The van der Waals surface area contributed by atoms with E-state index in [1.807, 2.05) is 0 Å². The van der Waals surface area contributed by atoms with E-state index in [4.69, 9.17) is 14.6 Å². The van der Waals surface area contributed by atoms with Gasteiger partial charge in [0.1, 0.15) is 11.3 Å². The fraction of sp³-hybridized carbons (Fsp3) is 0.462. The van der Waals surface area contributed by atoms with Crippen LogP contribution in [0.2, 0.25) is 0 Å². The Hall–Kier alpha value is -1.07. The molecule has 0 spiro atoms. The van der Waals surface area contributed by atoms with Gasteiger partial charge in [-0.2, -0.15) is 0 Å². The first kappa shape index (κ1) is 13.4. The van der Waals surface area contributed by atoms with Gasteiger partial charge in [0.2, 0.25) is 0 Å². The van der Waals surface area contributed by atoms with E-state index in [0.717, 1.165) is 30.5 Å². The number of hydrogen-bond donors (Lipinski definition) is 1. The van der Waals surface area contributed by atoms with Gasteiger partial charge in [-0.05, 0) is 37.0 Å². The highest BCUT2D eigenvalue weighted by molar-refractivity contribution is 9.10. The summed E-state index contributed by atoms with van der Waals surface area (Å²) in [6.45, 7) is 2.07. The van der Waals surface area contributed by atoms with Crippen molar-refractivity contribution < 1.29 is 19.4 Å². The zero-order valence-electron chi connectivity index (χ0n) is 9.89. The molecule has 2 rings (SSSR count). The average molecular weight is 315 g/mol. The molecule has 1 aromatic carbocycles. The fourth-order valence-electron chi connectivity index (χ4n) is 1.92. The summed E-state index contributed by atoms with van der Waals surface area (Å²) in [6, 6.07) is 5.03. The van der Waals surface area contributed by atoms with E-state index < -0.39 is 5.97 Å². The Morgan fingerprint density at radius 1 is 1.44 bits per heavy atom. The zero-order valence-corrected chi connectivity index (χ0v) is 11.5. The Morgan fingerprint density at radius 2 is 2.17 bits per heavy atom. The van der Waals surface area contributed by atoms with Crippen LogP contribution in [-0.2, 0) is 4.74 Å². The van der Waals surface area contributed by atoms with Gasteiger partial charge in [-0.15, -0.1) is 0 Å². The van der Waals surface area contributed by atoms with E-state index in [1.54, 1.807) is 18.2 Å². The van der Waals surface area contributed by atoms with E-state index in [0.29, 0.717) is 18.3 Å². The number of carboxylic acids is 1. The van der Waals surface area contributed by atoms with Crippen LogP contribution in [0.1, 0.15) is 23.2 Å². The van der Waals surface area contributed by atoms with Crippen molar-refractivity contribution in [2.24, 2.45) is 5.92 Å². The summed E-state index contributed by atoms with van der Waals surface area (Å²) in [5, 5.41) is 9.11. The standard InChI is InChI=1S/C13H15BrO4/c14-10-1-2-12(11(7-10)13(15)16)18-8-9-3-5-17-6-4-9/h1-2,7,9H,3-6,8H2,(H,15,16). The normalized spacial score (nSPS) is 16.5. The quantitative estimate of drug-likeness (QED) is 0.928. The number of hydrogen-bond acceptors (Lipinski definition) is 3. The van der Waals surface area contributed by atoms with Gasteiger partial charge >= 0.3 is 5.97 Å². The molecule has 0 bridgehead atoms. The van der Waals surface area contributed by atoms with Gasteiger partial charge < -0.3 is 14.6 Å². The number of aromatic carboxylic acids is 1. The molecular formula is C13H15BrO4. The van der Waals surface area contributed by atoms with Gasteiger partial charge in [-0.25, -0.2) is 4.79 Å². The van der Waals surface area contributed by atoms with Crippen molar-refractivity contribution in [2.75, 3.05) is 19.8 Å². The topological polar surface area (TPSA) is 55.8 Å². The molecule has 0 aliphatic carbocycles. The van der Waals surface area contributed by atoms with Gasteiger partial charge in [0.25, 0.3) is 0 Å². The van der Waals surface area contributed by atoms with Crippen molar-refractivity contribution >= 4 is 21.9 Å². The average Bonchev–Trinajstić information content (AvgIpc) is 2.38. The van der Waals surface area contributed by atoms with Crippen molar-refractivity contribution in [1.82, 2.24) is 0 Å². The molecule has 1 heterocycles. The predicted molar refractivity (Wildman–Crippen MR) is 70.1 cm³/mol. The van der Waals surface area contributed by atoms with Crippen molar-refractivity contribution in [3.63, 3.8) is 0 Å². The van der Waals surface area contributed by atoms with Crippen LogP contribution in [-0.4, -0.2) is 30.9 Å². The second kappa shape index (κ2) is 6.20. The van der Waals surface area contributed by atoms with Crippen LogP contribution in [0.15, 0.2) is 22.7 Å². The van der Waals surface area contributed by atoms with Crippen molar-refractivity contribution in [2.45, 2.75) is 12.8 Å². The molecule has 0 saturated carbocycles. The lowest BCUT2D eigenvalue weighted by atomic mass is 10.0. The Bertz CT molecular complexity index is 427. The van der Waals surface area contributed by atoms with Gasteiger partial charge in [-0.3, -0.25) is 0 Å². The van der Waals surface area contributed by atoms with Crippen LogP contribution in [0.4, 0.5) is 0 Å². The molecular weight excluding hydrogens is 300 g/mol. The first-order valence-electron chi connectivity index (χ1n) is 5.90. The van der Waals surface area contributed by atoms with Gasteiger partial charge in [-0.1, -0.05) is 15.9 Å². The maximum atomic E-state index is 11.1. The summed E-state index contributed by atoms with van der Waals surface area (Å²) in [4.78, 5) is 11.1. The molecule has 0 unspecified atom stereocenters. The molecule has 0 amide bonds. The van der Waals surface area contributed by atoms with E-state index in [2.05, 4.69) is 15.9 Å². The molecule has 1 aromatic rings. The summed E-state index contributed by atoms with van der Waals surface area (Å²) in [5.41, 5.74) is 0.191. The Balaban J connectivity index is 2.01. The Labute approximate surface area is 114 Å². The third kappa shape index (κ3) is 3.46. The number of ether oxygens (including phenoxy) is 2. The third-order valence-corrected chi connectivity index (χ3v) is 3.48. The monoisotopic (exact) mass is 314 g/mol. The molecule has 1 saturated heterocycles. The summed E-state index contributed by atoms with van der Waals surface area (Å²) < 4.78 is 11.6. The Kier molecular flexibility index (Phi) is 4.60. The highest BCUT2D eigenvalue weighted by Crippen LogP contribution is 2.25. The molecule has 0 atom stereocenters. The number of rotatable bonds is 4. The van der Waals surface area contributed by atoms with Crippen LogP contribution < -0.4 is 4.74 Å². The predicted octanol–water partition coefficient (Wildman–Crippen LogP) is 2.95. The minimum Gasteiger partial charge on any atom is -0.492 e. The molecule has 0 aromatic heterocycles. The lowest BCUT2D eigenvalue weighted by molar-refractivity contribution is 0.0490. The van der Waals surface area contributed by atoms with Crippen LogP contribution in [0, 0.1) is 5.92 Å². The zero-order chi connectivity index (χ0) is 13.0. The van der Waals surface area contributed by atoms with Crippen molar-refractivity contribution in [3.8, 4) is 5.75 Å². The van der Waals surface area contributed by atoms with Crippen molar-refractivity contribution in [1.29, 1.82) is 0 Å². The summed E-state index contributed by atoms with van der Waals surface area (Å²) >= 11 is 3.26. The van der Waals surface area contributed by atoms with Crippen LogP contribution in [0.3, 0.4) is 0 Å². The number of halogens is 1. The molecule has 1 aliphatic rings. The Morgan fingerprint density at radius 3 is 2.83 bits per heavy atom. The van der Waals surface area contributed by atoms with Gasteiger partial charge in [0, 0.05) is 17.7 Å². The molecule has 18 heavy (non-hydrogen) atoms. The lowest BCUT2D eigenvalue weighted by Crippen LogP contribution is -2.21. The number of carbonyl (C=O) groups is 1. The number of carboxylic acid groups (broad SMARTS) is 1. The van der Waals surface area contributed by atoms with Crippen LogP contribution >= 0.6 is 15.9 Å². The molecule has 4 nitrogen and oxygen atoms in total. The summed E-state index contributed by atoms with van der Waals surface area (Å²) in [6.07, 6.45) is 1.94.